The fourth-order valence-electron chi connectivity index (χ4n) is 4.08. The Hall–Kier alpha value is -4.12. The quantitative estimate of drug-likeness (QED) is 0.548. The van der Waals surface area contributed by atoms with Crippen molar-refractivity contribution in [2.75, 3.05) is 26.2 Å². The van der Waals surface area contributed by atoms with Gasteiger partial charge in [0.2, 0.25) is 5.91 Å². The summed E-state index contributed by atoms with van der Waals surface area (Å²) in [6.07, 6.45) is -8.96. The lowest BCUT2D eigenvalue weighted by Crippen LogP contribution is -2.79. The van der Waals surface area contributed by atoms with Gasteiger partial charge in [0.1, 0.15) is 5.54 Å². The molecule has 2 amide bonds. The lowest BCUT2D eigenvalue weighted by Gasteiger charge is -2.54. The molecule has 2 aromatic carbocycles. The number of nitrogens with zero attached hydrogens (tertiary/aromatic N) is 3. The van der Waals surface area contributed by atoms with Gasteiger partial charge in [-0.15, -0.1) is 0 Å². The van der Waals surface area contributed by atoms with Gasteiger partial charge in [-0.25, -0.2) is 4.79 Å². The van der Waals surface area contributed by atoms with Crippen LogP contribution in [0, 0.1) is 11.3 Å². The maximum absolute atomic E-state index is 13.3. The van der Waals surface area contributed by atoms with Gasteiger partial charge in [-0.2, -0.15) is 31.6 Å². The molecule has 2 heterocycles. The Balaban J connectivity index is 0.000000532. The topological polar surface area (TPSA) is 114 Å². The van der Waals surface area contributed by atoms with E-state index in [0.29, 0.717) is 37.2 Å². The summed E-state index contributed by atoms with van der Waals surface area (Å²) in [6, 6.07) is 13.8. The molecule has 0 bridgehead atoms. The first kappa shape index (κ1) is 29.4. The van der Waals surface area contributed by atoms with Gasteiger partial charge in [0.15, 0.2) is 0 Å². The third kappa shape index (κ3) is 6.85. The van der Waals surface area contributed by atoms with Crippen molar-refractivity contribution < 1.29 is 45.8 Å². The van der Waals surface area contributed by atoms with E-state index in [1.165, 1.54) is 17.0 Å². The van der Waals surface area contributed by atoms with Crippen LogP contribution in [-0.2, 0) is 33.5 Å². The number of halogens is 6. The Kier molecular flexibility index (Phi) is 8.54. The highest BCUT2D eigenvalue weighted by Gasteiger charge is 2.56. The number of alkyl halides is 6. The maximum Gasteiger partial charge on any atom is 0.490 e. The molecule has 14 heteroatoms. The van der Waals surface area contributed by atoms with Gasteiger partial charge in [0.25, 0.3) is 5.91 Å². The Morgan fingerprint density at radius 3 is 1.95 bits per heavy atom. The Morgan fingerprint density at radius 1 is 0.974 bits per heavy atom. The van der Waals surface area contributed by atoms with Crippen molar-refractivity contribution in [2.45, 2.75) is 30.9 Å². The zero-order valence-electron chi connectivity index (χ0n) is 20.1. The number of amides is 2. The van der Waals surface area contributed by atoms with Gasteiger partial charge in [0, 0.05) is 26.2 Å². The third-order valence-electron chi connectivity index (χ3n) is 6.28. The fraction of sp³-hybridized carbons (Fsp3) is 0.360. The number of carboxylic acids is 1. The number of benzene rings is 2. The first-order valence-corrected chi connectivity index (χ1v) is 11.4. The largest absolute Gasteiger partial charge is 0.490 e. The van der Waals surface area contributed by atoms with Crippen LogP contribution in [0.4, 0.5) is 26.3 Å². The van der Waals surface area contributed by atoms with Crippen molar-refractivity contribution >= 4 is 17.8 Å². The van der Waals surface area contributed by atoms with Gasteiger partial charge in [-0.1, -0.05) is 24.3 Å². The summed E-state index contributed by atoms with van der Waals surface area (Å²) in [4.78, 5) is 38.2. The van der Waals surface area contributed by atoms with Crippen molar-refractivity contribution in [3.63, 3.8) is 0 Å². The summed E-state index contributed by atoms with van der Waals surface area (Å²) in [5, 5.41) is 19.1. The van der Waals surface area contributed by atoms with E-state index < -0.39 is 29.4 Å². The Bertz CT molecular complexity index is 1250. The molecule has 2 N–H and O–H groups in total. The summed E-state index contributed by atoms with van der Waals surface area (Å²) < 4.78 is 70.2. The molecule has 0 aliphatic carbocycles. The van der Waals surface area contributed by atoms with E-state index in [1.807, 2.05) is 12.1 Å². The number of hydrogen-bond donors (Lipinski definition) is 2. The van der Waals surface area contributed by atoms with Crippen molar-refractivity contribution in [2.24, 2.45) is 0 Å². The van der Waals surface area contributed by atoms with Crippen LogP contribution in [-0.4, -0.2) is 70.6 Å². The third-order valence-corrected chi connectivity index (χ3v) is 6.28. The minimum Gasteiger partial charge on any atom is -0.475 e. The summed E-state index contributed by atoms with van der Waals surface area (Å²) in [6.45, 7) is 0.995. The average Bonchev–Trinajstić information content (AvgIpc) is 2.84. The molecular formula is C25H22F6N4O4. The standard InChI is InChI=1S/C23H21F3N4O2.C2HF3O2/c24-23(25,26)19-7-5-18(6-8-19)12-30-20(31)13-29(21(32)22(30)14-28-15-22)10-9-16-1-3-17(11-27)4-2-16;3-2(4,5)1(6)7/h1-8,28H,9-10,12-15H2;(H,6,7). The van der Waals surface area contributed by atoms with Crippen LogP contribution in [0.1, 0.15) is 22.3 Å². The monoisotopic (exact) mass is 556 g/mol. The molecule has 0 unspecified atom stereocenters. The molecule has 2 aliphatic heterocycles. The summed E-state index contributed by atoms with van der Waals surface area (Å²) >= 11 is 0. The number of nitrogens with one attached hydrogen (secondary N) is 1. The number of carboxylic acid groups (broad SMARTS) is 1. The molecule has 1 spiro atoms. The molecule has 2 saturated heterocycles. The lowest BCUT2D eigenvalue weighted by molar-refractivity contribution is -0.192. The zero-order chi connectivity index (χ0) is 29.0. The predicted octanol–water partition coefficient (Wildman–Crippen LogP) is 2.97. The number of hydrogen-bond acceptors (Lipinski definition) is 5. The number of aliphatic carboxylic acids is 1. The Morgan fingerprint density at radius 2 is 1.51 bits per heavy atom. The van der Waals surface area contributed by atoms with Crippen LogP contribution in [0.5, 0.6) is 0 Å². The van der Waals surface area contributed by atoms with E-state index in [2.05, 4.69) is 11.4 Å². The second-order valence-electron chi connectivity index (χ2n) is 8.90. The number of carbonyl (C=O) groups excluding carboxylic acids is 2. The molecule has 208 valence electrons. The van der Waals surface area contributed by atoms with Crippen molar-refractivity contribution in [1.82, 2.24) is 15.1 Å². The average molecular weight is 556 g/mol. The molecule has 8 nitrogen and oxygen atoms in total. The van der Waals surface area contributed by atoms with E-state index in [9.17, 15) is 35.9 Å². The summed E-state index contributed by atoms with van der Waals surface area (Å²) in [5.74, 6) is -3.14. The molecule has 0 aromatic heterocycles. The van der Waals surface area contributed by atoms with Gasteiger partial charge >= 0.3 is 18.3 Å². The molecule has 0 atom stereocenters. The number of carbonyl (C=O) groups is 3. The smallest absolute Gasteiger partial charge is 0.475 e. The summed E-state index contributed by atoms with van der Waals surface area (Å²) in [7, 11) is 0. The summed E-state index contributed by atoms with van der Waals surface area (Å²) in [5.41, 5.74) is 0.282. The minimum absolute atomic E-state index is 0.0719. The van der Waals surface area contributed by atoms with Crippen molar-refractivity contribution in [1.29, 1.82) is 5.26 Å². The molecule has 0 saturated carbocycles. The second kappa shape index (κ2) is 11.3. The second-order valence-corrected chi connectivity index (χ2v) is 8.90. The molecule has 4 rings (SSSR count). The van der Waals surface area contributed by atoms with E-state index >= 15 is 0 Å². The van der Waals surface area contributed by atoms with Crippen molar-refractivity contribution in [3.05, 3.63) is 70.8 Å². The minimum atomic E-state index is -5.08. The molecule has 39 heavy (non-hydrogen) atoms. The Labute approximate surface area is 218 Å². The van der Waals surface area contributed by atoms with Gasteiger partial charge < -0.3 is 20.2 Å². The van der Waals surface area contributed by atoms with Crippen LogP contribution in [0.25, 0.3) is 0 Å². The van der Waals surface area contributed by atoms with E-state index in [1.54, 1.807) is 17.0 Å². The van der Waals surface area contributed by atoms with Crippen LogP contribution in [0.15, 0.2) is 48.5 Å². The van der Waals surface area contributed by atoms with Crippen LogP contribution < -0.4 is 5.32 Å². The zero-order valence-corrected chi connectivity index (χ0v) is 20.1. The van der Waals surface area contributed by atoms with Crippen LogP contribution >= 0.6 is 0 Å². The van der Waals surface area contributed by atoms with E-state index in [4.69, 9.17) is 15.2 Å². The fourth-order valence-corrected chi connectivity index (χ4v) is 4.08. The van der Waals surface area contributed by atoms with Gasteiger partial charge in [-0.3, -0.25) is 9.59 Å². The van der Waals surface area contributed by atoms with Gasteiger partial charge in [-0.05, 0) is 41.8 Å². The highest BCUT2D eigenvalue weighted by Crippen LogP contribution is 2.32. The van der Waals surface area contributed by atoms with Crippen molar-refractivity contribution in [3.8, 4) is 6.07 Å². The SMILES string of the molecule is N#Cc1ccc(CCN2CC(=O)N(Cc3ccc(C(F)(F)F)cc3)C3(CNC3)C2=O)cc1.O=C(O)C(F)(F)F. The lowest BCUT2D eigenvalue weighted by atomic mass is 9.85. The molecule has 2 aromatic rings. The maximum atomic E-state index is 13.3. The molecule has 0 radical (unpaired) electrons. The predicted molar refractivity (Wildman–Crippen MR) is 123 cm³/mol. The number of piperazine rings is 1. The normalized spacial score (nSPS) is 16.7. The van der Waals surface area contributed by atoms with Gasteiger partial charge in [0.05, 0.1) is 23.7 Å². The molecular weight excluding hydrogens is 534 g/mol. The van der Waals surface area contributed by atoms with E-state index in [0.717, 1.165) is 17.7 Å². The number of nitriles is 1. The number of rotatable bonds is 5. The highest BCUT2D eigenvalue weighted by atomic mass is 19.4. The van der Waals surface area contributed by atoms with Crippen LogP contribution in [0.3, 0.4) is 0 Å². The highest BCUT2D eigenvalue weighted by molar-refractivity contribution is 5.99. The van der Waals surface area contributed by atoms with Crippen LogP contribution in [0.2, 0.25) is 0 Å². The first-order chi connectivity index (χ1) is 18.2. The molecule has 2 aliphatic rings. The first-order valence-electron chi connectivity index (χ1n) is 11.4. The molecule has 2 fully saturated rings. The van der Waals surface area contributed by atoms with E-state index in [-0.39, 0.29) is 24.9 Å².